The Kier molecular flexibility index (Phi) is 7.63. The van der Waals surface area contributed by atoms with Gasteiger partial charge in [0.2, 0.25) is 0 Å². The smallest absolute Gasteiger partial charge is 0.417 e. The fourth-order valence-electron chi connectivity index (χ4n) is 8.65. The van der Waals surface area contributed by atoms with Crippen LogP contribution in [0.5, 0.6) is 5.75 Å². The number of aromatic nitrogens is 2. The standard InChI is InChI=1S/C39H39F5N4O3/c40-38(41)21-48(22-38)36(49)32-18-33(50-26-4-3-5-26)28-17-25(10-11-31(28)45-32)47-14-12-37(13-15-47)19-23(20-37)16-29-34(46-51-35(29)24-8-9-24)27-6-1-2-7-30(27)39(42,43)44/h1-2,6-7,10-11,17-18,23-24,26H,3-5,8-9,12-16,19-22H2. The van der Waals surface area contributed by atoms with Gasteiger partial charge in [0.05, 0.1) is 30.3 Å². The zero-order valence-electron chi connectivity index (χ0n) is 28.2. The number of halogens is 5. The van der Waals surface area contributed by atoms with Crippen LogP contribution in [0.1, 0.15) is 91.1 Å². The van der Waals surface area contributed by atoms with E-state index in [4.69, 9.17) is 9.26 Å². The number of rotatable bonds is 8. The number of nitrogens with zero attached hydrogens (tertiary/aromatic N) is 4. The molecule has 51 heavy (non-hydrogen) atoms. The number of alkyl halides is 5. The van der Waals surface area contributed by atoms with Gasteiger partial charge in [-0.1, -0.05) is 23.4 Å². The number of anilines is 1. The molecule has 4 heterocycles. The van der Waals surface area contributed by atoms with E-state index in [1.807, 2.05) is 12.1 Å². The van der Waals surface area contributed by atoms with Gasteiger partial charge in [-0.15, -0.1) is 0 Å². The van der Waals surface area contributed by atoms with E-state index in [1.54, 1.807) is 12.1 Å². The summed E-state index contributed by atoms with van der Waals surface area (Å²) in [5.74, 6) is -1.43. The lowest BCUT2D eigenvalue weighted by Gasteiger charge is -2.53. The number of fused-ring (bicyclic) bond motifs is 1. The molecule has 0 atom stereocenters. The number of hydrogen-bond donors (Lipinski definition) is 0. The van der Waals surface area contributed by atoms with Crippen molar-refractivity contribution in [2.45, 2.75) is 88.3 Å². The Hall–Kier alpha value is -4.22. The third-order valence-corrected chi connectivity index (χ3v) is 11.8. The van der Waals surface area contributed by atoms with E-state index < -0.39 is 36.7 Å². The first-order valence-electron chi connectivity index (χ1n) is 18.1. The number of likely N-dealkylation sites (tertiary alicyclic amines) is 1. The van der Waals surface area contributed by atoms with Gasteiger partial charge >= 0.3 is 6.18 Å². The topological polar surface area (TPSA) is 71.7 Å². The maximum atomic E-state index is 13.9. The SMILES string of the molecule is O=C(c1cc(OC2CCC2)c2cc(N3CCC4(CC3)CC(Cc3c(-c5ccccc5C(F)(F)F)noc3C3CC3)C4)ccc2n1)N1CC(F)(F)C1. The lowest BCUT2D eigenvalue weighted by atomic mass is 9.56. The summed E-state index contributed by atoms with van der Waals surface area (Å²) in [5, 5.41) is 5.03. The molecule has 5 fully saturated rings. The fourth-order valence-corrected chi connectivity index (χ4v) is 8.65. The Balaban J connectivity index is 0.891. The Morgan fingerprint density at radius 2 is 1.73 bits per heavy atom. The zero-order valence-corrected chi connectivity index (χ0v) is 28.2. The minimum absolute atomic E-state index is 0.0607. The molecule has 3 saturated carbocycles. The van der Waals surface area contributed by atoms with E-state index in [2.05, 4.69) is 21.1 Å². The second-order valence-electron chi connectivity index (χ2n) is 15.6. The molecule has 9 rings (SSSR count). The van der Waals surface area contributed by atoms with Crippen LogP contribution in [-0.4, -0.2) is 59.2 Å². The normalized spacial score (nSPS) is 21.7. The van der Waals surface area contributed by atoms with Crippen molar-refractivity contribution in [1.29, 1.82) is 0 Å². The highest BCUT2D eigenvalue weighted by atomic mass is 19.4. The Morgan fingerprint density at radius 3 is 2.39 bits per heavy atom. The lowest BCUT2D eigenvalue weighted by Crippen LogP contribution is -2.58. The van der Waals surface area contributed by atoms with Crippen molar-refractivity contribution in [2.75, 3.05) is 31.1 Å². The van der Waals surface area contributed by atoms with Crippen LogP contribution in [0, 0.1) is 11.3 Å². The molecular weight excluding hydrogens is 667 g/mol. The fraction of sp³-hybridized carbons (Fsp3) is 0.513. The molecule has 268 valence electrons. The second kappa shape index (κ2) is 11.9. The Bertz CT molecular complexity index is 1980. The molecular formula is C39H39F5N4O3. The number of hydrogen-bond acceptors (Lipinski definition) is 6. The molecule has 0 N–H and O–H groups in total. The van der Waals surface area contributed by atoms with E-state index in [9.17, 15) is 26.7 Å². The second-order valence-corrected chi connectivity index (χ2v) is 15.6. The number of ether oxygens (including phenoxy) is 1. The molecule has 2 aliphatic heterocycles. The first-order chi connectivity index (χ1) is 24.4. The minimum Gasteiger partial charge on any atom is -0.490 e. The van der Waals surface area contributed by atoms with E-state index in [1.165, 1.54) is 12.1 Å². The summed E-state index contributed by atoms with van der Waals surface area (Å²) in [4.78, 5) is 21.1. The lowest BCUT2D eigenvalue weighted by molar-refractivity contribution is -0.137. The summed E-state index contributed by atoms with van der Waals surface area (Å²) in [6, 6.07) is 13.2. The first kappa shape index (κ1) is 32.7. The van der Waals surface area contributed by atoms with Crippen LogP contribution >= 0.6 is 0 Å². The minimum atomic E-state index is -4.48. The molecule has 0 bridgehead atoms. The molecule has 2 saturated heterocycles. The molecule has 3 aliphatic carbocycles. The third kappa shape index (κ3) is 6.12. The van der Waals surface area contributed by atoms with Gasteiger partial charge in [0.15, 0.2) is 0 Å². The van der Waals surface area contributed by atoms with Gasteiger partial charge in [0.1, 0.15) is 22.9 Å². The number of amides is 1. The summed E-state index contributed by atoms with van der Waals surface area (Å²) in [5.41, 5.74) is 2.56. The number of piperidine rings is 1. The van der Waals surface area contributed by atoms with Crippen LogP contribution in [0.25, 0.3) is 22.2 Å². The van der Waals surface area contributed by atoms with Crippen LogP contribution in [0.4, 0.5) is 27.6 Å². The van der Waals surface area contributed by atoms with E-state index in [0.29, 0.717) is 29.3 Å². The van der Waals surface area contributed by atoms with Gasteiger partial charge < -0.3 is 19.1 Å². The average molecular weight is 707 g/mol. The average Bonchev–Trinajstić information content (AvgIpc) is 3.83. The quantitative estimate of drug-likeness (QED) is 0.170. The number of carbonyl (C=O) groups is 1. The highest BCUT2D eigenvalue weighted by Crippen LogP contribution is 2.55. The zero-order chi connectivity index (χ0) is 35.1. The van der Waals surface area contributed by atoms with Crippen LogP contribution in [0.2, 0.25) is 0 Å². The van der Waals surface area contributed by atoms with Gasteiger partial charge in [-0.25, -0.2) is 13.8 Å². The number of benzene rings is 2. The van der Waals surface area contributed by atoms with Crippen molar-refractivity contribution < 1.29 is 36.0 Å². The highest BCUT2D eigenvalue weighted by molar-refractivity contribution is 5.98. The molecule has 5 aliphatic rings. The maximum Gasteiger partial charge on any atom is 0.417 e. The number of carbonyl (C=O) groups excluding carboxylic acids is 1. The van der Waals surface area contributed by atoms with Crippen molar-refractivity contribution in [3.8, 4) is 17.0 Å². The van der Waals surface area contributed by atoms with Crippen LogP contribution < -0.4 is 9.64 Å². The molecule has 7 nitrogen and oxygen atoms in total. The monoisotopic (exact) mass is 706 g/mol. The van der Waals surface area contributed by atoms with Gasteiger partial charge in [-0.2, -0.15) is 13.2 Å². The van der Waals surface area contributed by atoms with Crippen molar-refractivity contribution >= 4 is 22.5 Å². The molecule has 4 aromatic rings. The van der Waals surface area contributed by atoms with Crippen LogP contribution in [-0.2, 0) is 12.6 Å². The molecule has 0 radical (unpaired) electrons. The molecule has 1 amide bonds. The van der Waals surface area contributed by atoms with Crippen molar-refractivity contribution in [3.63, 3.8) is 0 Å². The van der Waals surface area contributed by atoms with Crippen molar-refractivity contribution in [3.05, 3.63) is 71.1 Å². The van der Waals surface area contributed by atoms with E-state index in [-0.39, 0.29) is 28.7 Å². The first-order valence-corrected chi connectivity index (χ1v) is 18.1. The predicted octanol–water partition coefficient (Wildman–Crippen LogP) is 9.05. The van der Waals surface area contributed by atoms with Crippen LogP contribution in [0.3, 0.4) is 0 Å². The summed E-state index contributed by atoms with van der Waals surface area (Å²) < 4.78 is 80.9. The summed E-state index contributed by atoms with van der Waals surface area (Å²) >= 11 is 0. The van der Waals surface area contributed by atoms with Crippen molar-refractivity contribution in [2.24, 2.45) is 11.3 Å². The van der Waals surface area contributed by atoms with Gasteiger partial charge in [-0.3, -0.25) is 4.79 Å². The molecule has 1 spiro atoms. The van der Waals surface area contributed by atoms with Crippen LogP contribution in [0.15, 0.2) is 53.1 Å². The largest absolute Gasteiger partial charge is 0.490 e. The van der Waals surface area contributed by atoms with Gasteiger partial charge in [0, 0.05) is 47.3 Å². The van der Waals surface area contributed by atoms with E-state index >= 15 is 0 Å². The molecule has 0 unspecified atom stereocenters. The maximum absolute atomic E-state index is 13.9. The van der Waals surface area contributed by atoms with Gasteiger partial charge in [0.25, 0.3) is 11.8 Å². The van der Waals surface area contributed by atoms with Gasteiger partial charge in [-0.05, 0) is 99.8 Å². The summed E-state index contributed by atoms with van der Waals surface area (Å²) in [6.07, 6.45) is 5.24. The van der Waals surface area contributed by atoms with Crippen molar-refractivity contribution in [1.82, 2.24) is 15.0 Å². The van der Waals surface area contributed by atoms with E-state index in [0.717, 1.165) is 104 Å². The summed E-state index contributed by atoms with van der Waals surface area (Å²) in [7, 11) is 0. The third-order valence-electron chi connectivity index (χ3n) is 11.8. The summed E-state index contributed by atoms with van der Waals surface area (Å²) in [6.45, 7) is 0.546. The highest BCUT2D eigenvalue weighted by Gasteiger charge is 2.48. The number of pyridine rings is 1. The molecule has 2 aromatic carbocycles. The Morgan fingerprint density at radius 1 is 0.980 bits per heavy atom. The molecule has 12 heteroatoms. The Labute approximate surface area is 292 Å². The molecule has 2 aromatic heterocycles. The predicted molar refractivity (Wildman–Crippen MR) is 180 cm³/mol.